The van der Waals surface area contributed by atoms with Gasteiger partial charge >= 0.3 is 0 Å². The number of anilines is 1. The summed E-state index contributed by atoms with van der Waals surface area (Å²) >= 11 is 12.0. The lowest BCUT2D eigenvalue weighted by atomic mass is 10.1. The van der Waals surface area contributed by atoms with Gasteiger partial charge in [-0.3, -0.25) is 4.79 Å². The molecule has 0 bridgehead atoms. The third kappa shape index (κ3) is 6.85. The van der Waals surface area contributed by atoms with Gasteiger partial charge in [-0.15, -0.1) is 0 Å². The van der Waals surface area contributed by atoms with Crippen molar-refractivity contribution in [1.82, 2.24) is 5.32 Å². The van der Waals surface area contributed by atoms with Crippen molar-refractivity contribution in [2.24, 2.45) is 0 Å². The fourth-order valence-electron chi connectivity index (χ4n) is 2.14. The number of nitrogens with one attached hydrogen (secondary N) is 2. The zero-order valence-corrected chi connectivity index (χ0v) is 16.0. The lowest BCUT2D eigenvalue weighted by molar-refractivity contribution is -0.124. The number of hydrogen-bond acceptors (Lipinski definition) is 3. The van der Waals surface area contributed by atoms with Crippen LogP contribution < -0.4 is 15.4 Å². The Labute approximate surface area is 158 Å². The Kier molecular flexibility index (Phi) is 6.57. The number of carbonyl (C=O) groups is 1. The first-order chi connectivity index (χ1) is 11.7. The van der Waals surface area contributed by atoms with Crippen molar-refractivity contribution in [2.75, 3.05) is 11.9 Å². The number of rotatable bonds is 6. The Balaban J connectivity index is 1.84. The molecule has 6 heteroatoms. The smallest absolute Gasteiger partial charge is 0.258 e. The number of benzene rings is 2. The largest absolute Gasteiger partial charge is 0.484 e. The molecule has 0 saturated heterocycles. The van der Waals surface area contributed by atoms with Gasteiger partial charge in [0.05, 0.1) is 10.7 Å². The minimum absolute atomic E-state index is 0.00471. The fourth-order valence-corrected chi connectivity index (χ4v) is 2.61. The highest BCUT2D eigenvalue weighted by Gasteiger charge is 2.13. The van der Waals surface area contributed by atoms with Gasteiger partial charge < -0.3 is 15.4 Å². The first-order valence-electron chi connectivity index (χ1n) is 7.94. The van der Waals surface area contributed by atoms with Crippen molar-refractivity contribution in [3.8, 4) is 5.75 Å². The van der Waals surface area contributed by atoms with Gasteiger partial charge in [-0.1, -0.05) is 35.3 Å². The number of halogens is 2. The van der Waals surface area contributed by atoms with E-state index < -0.39 is 0 Å². The number of hydrogen-bond donors (Lipinski definition) is 2. The van der Waals surface area contributed by atoms with E-state index in [0.717, 1.165) is 11.3 Å². The van der Waals surface area contributed by atoms with Crippen LogP contribution in [0.5, 0.6) is 5.75 Å². The molecular weight excluding hydrogens is 359 g/mol. The molecule has 0 atom stereocenters. The summed E-state index contributed by atoms with van der Waals surface area (Å²) < 4.78 is 5.50. The molecule has 0 aliphatic rings. The zero-order chi connectivity index (χ0) is 18.4. The van der Waals surface area contributed by atoms with Crippen LogP contribution >= 0.6 is 23.2 Å². The predicted molar refractivity (Wildman–Crippen MR) is 104 cm³/mol. The van der Waals surface area contributed by atoms with E-state index in [2.05, 4.69) is 10.6 Å². The molecule has 2 aromatic rings. The van der Waals surface area contributed by atoms with Crippen LogP contribution in [-0.2, 0) is 11.3 Å². The Morgan fingerprint density at radius 1 is 1.08 bits per heavy atom. The van der Waals surface area contributed by atoms with E-state index in [1.165, 1.54) is 0 Å². The van der Waals surface area contributed by atoms with E-state index in [1.807, 2.05) is 51.1 Å². The zero-order valence-electron chi connectivity index (χ0n) is 14.5. The van der Waals surface area contributed by atoms with E-state index in [1.54, 1.807) is 12.1 Å². The van der Waals surface area contributed by atoms with Gasteiger partial charge in [0, 0.05) is 17.1 Å². The molecule has 25 heavy (non-hydrogen) atoms. The fraction of sp³-hybridized carbons (Fsp3) is 0.316. The molecule has 0 aromatic heterocycles. The van der Waals surface area contributed by atoms with Crippen molar-refractivity contribution >= 4 is 34.8 Å². The van der Waals surface area contributed by atoms with E-state index >= 15 is 0 Å². The van der Waals surface area contributed by atoms with Gasteiger partial charge in [0.1, 0.15) is 5.75 Å². The molecule has 2 aromatic carbocycles. The molecule has 2 N–H and O–H groups in total. The van der Waals surface area contributed by atoms with Crippen LogP contribution in [0.15, 0.2) is 42.5 Å². The van der Waals surface area contributed by atoms with Crippen LogP contribution in [0, 0.1) is 0 Å². The summed E-state index contributed by atoms with van der Waals surface area (Å²) in [6.45, 7) is 6.40. The molecule has 0 heterocycles. The van der Waals surface area contributed by atoms with Crippen molar-refractivity contribution in [1.29, 1.82) is 0 Å². The maximum atomic E-state index is 11.7. The van der Waals surface area contributed by atoms with Gasteiger partial charge in [-0.2, -0.15) is 0 Å². The van der Waals surface area contributed by atoms with Crippen LogP contribution in [0.4, 0.5) is 5.69 Å². The van der Waals surface area contributed by atoms with Crippen LogP contribution in [0.1, 0.15) is 26.3 Å². The van der Waals surface area contributed by atoms with Crippen molar-refractivity contribution < 1.29 is 9.53 Å². The van der Waals surface area contributed by atoms with Crippen LogP contribution in [0.3, 0.4) is 0 Å². The van der Waals surface area contributed by atoms with Gasteiger partial charge in [0.25, 0.3) is 5.91 Å². The Morgan fingerprint density at radius 2 is 1.76 bits per heavy atom. The van der Waals surface area contributed by atoms with Crippen molar-refractivity contribution in [3.63, 3.8) is 0 Å². The Morgan fingerprint density at radius 3 is 2.36 bits per heavy atom. The highest BCUT2D eigenvalue weighted by atomic mass is 35.5. The molecule has 2 rings (SSSR count). The monoisotopic (exact) mass is 380 g/mol. The summed E-state index contributed by atoms with van der Waals surface area (Å²) in [6.07, 6.45) is 0. The molecule has 0 aliphatic carbocycles. The van der Waals surface area contributed by atoms with Crippen LogP contribution in [0.25, 0.3) is 0 Å². The molecule has 0 aliphatic heterocycles. The standard InChI is InChI=1S/C19H22Cl2N2O2/c1-19(2,3)23-18(24)12-25-15-7-4-13(5-8-15)11-22-17-9-6-14(20)10-16(17)21/h4-10,22H,11-12H2,1-3H3,(H,23,24). The van der Waals surface area contributed by atoms with Crippen molar-refractivity contribution in [3.05, 3.63) is 58.1 Å². The molecule has 134 valence electrons. The molecule has 0 fully saturated rings. The summed E-state index contributed by atoms with van der Waals surface area (Å²) in [7, 11) is 0. The minimum atomic E-state index is -0.265. The normalized spacial score (nSPS) is 11.1. The van der Waals surface area contributed by atoms with Crippen molar-refractivity contribution in [2.45, 2.75) is 32.9 Å². The van der Waals surface area contributed by atoms with E-state index in [-0.39, 0.29) is 18.1 Å². The summed E-state index contributed by atoms with van der Waals surface area (Å²) in [4.78, 5) is 11.7. The van der Waals surface area contributed by atoms with Crippen LogP contribution in [-0.4, -0.2) is 18.1 Å². The molecular formula is C19H22Cl2N2O2. The second-order valence-electron chi connectivity index (χ2n) is 6.71. The summed E-state index contributed by atoms with van der Waals surface area (Å²) in [5.41, 5.74) is 1.63. The highest BCUT2D eigenvalue weighted by Crippen LogP contribution is 2.26. The predicted octanol–water partition coefficient (Wildman–Crippen LogP) is 4.90. The molecule has 0 radical (unpaired) electrons. The minimum Gasteiger partial charge on any atom is -0.484 e. The average molecular weight is 381 g/mol. The molecule has 1 amide bonds. The Bertz CT molecular complexity index is 725. The highest BCUT2D eigenvalue weighted by molar-refractivity contribution is 6.36. The first kappa shape index (κ1) is 19.4. The quantitative estimate of drug-likeness (QED) is 0.749. The lowest BCUT2D eigenvalue weighted by Gasteiger charge is -2.20. The summed E-state index contributed by atoms with van der Waals surface area (Å²) in [6, 6.07) is 12.9. The Hall–Kier alpha value is -1.91. The second-order valence-corrected chi connectivity index (χ2v) is 7.55. The molecule has 0 unspecified atom stereocenters. The number of amides is 1. The van der Waals surface area contributed by atoms with Crippen LogP contribution in [0.2, 0.25) is 10.0 Å². The van der Waals surface area contributed by atoms with E-state index in [9.17, 15) is 4.79 Å². The van der Waals surface area contributed by atoms with E-state index in [0.29, 0.717) is 22.3 Å². The lowest BCUT2D eigenvalue weighted by Crippen LogP contribution is -2.43. The van der Waals surface area contributed by atoms with Gasteiger partial charge in [-0.05, 0) is 56.7 Å². The SMILES string of the molecule is CC(C)(C)NC(=O)COc1ccc(CNc2ccc(Cl)cc2Cl)cc1. The average Bonchev–Trinajstić information content (AvgIpc) is 2.51. The molecule has 4 nitrogen and oxygen atoms in total. The van der Waals surface area contributed by atoms with E-state index in [4.69, 9.17) is 27.9 Å². The van der Waals surface area contributed by atoms with Gasteiger partial charge in [0.15, 0.2) is 6.61 Å². The third-order valence-corrected chi connectivity index (χ3v) is 3.77. The van der Waals surface area contributed by atoms with Gasteiger partial charge in [0.2, 0.25) is 0 Å². The van der Waals surface area contributed by atoms with Gasteiger partial charge in [-0.25, -0.2) is 0 Å². The second kappa shape index (κ2) is 8.45. The molecule has 0 saturated carbocycles. The maximum Gasteiger partial charge on any atom is 0.258 e. The maximum absolute atomic E-state index is 11.7. The summed E-state index contributed by atoms with van der Waals surface area (Å²) in [5, 5.41) is 7.29. The summed E-state index contributed by atoms with van der Waals surface area (Å²) in [5.74, 6) is 0.507. The number of carbonyl (C=O) groups excluding carboxylic acids is 1. The number of ether oxygens (including phenoxy) is 1. The first-order valence-corrected chi connectivity index (χ1v) is 8.70. The molecule has 0 spiro atoms. The topological polar surface area (TPSA) is 50.4 Å². The third-order valence-electron chi connectivity index (χ3n) is 3.22.